The number of pyridine rings is 1. The highest BCUT2D eigenvalue weighted by atomic mass is 16.4. The first-order valence-electron chi connectivity index (χ1n) is 11.9. The van der Waals surface area contributed by atoms with Crippen LogP contribution >= 0.6 is 0 Å². The maximum Gasteiger partial charge on any atom is 0.304 e. The molecule has 5 heterocycles. The average Bonchev–Trinajstić information content (AvgIpc) is 3.70. The molecule has 0 aliphatic carbocycles. The molecule has 2 N–H and O–H groups in total. The largest absolute Gasteiger partial charge is 0.423 e. The fourth-order valence-electron chi connectivity index (χ4n) is 4.67. The summed E-state index contributed by atoms with van der Waals surface area (Å²) in [5.74, 6) is 1.19. The van der Waals surface area contributed by atoms with Crippen molar-refractivity contribution in [2.75, 3.05) is 18.1 Å². The first kappa shape index (κ1) is 22.6. The van der Waals surface area contributed by atoms with Gasteiger partial charge in [-0.05, 0) is 49.6 Å². The van der Waals surface area contributed by atoms with Gasteiger partial charge in [0.15, 0.2) is 11.5 Å². The summed E-state index contributed by atoms with van der Waals surface area (Å²) < 4.78 is 7.74. The number of aliphatic hydroxyl groups excluding tert-OH is 1. The molecule has 5 aromatic rings. The van der Waals surface area contributed by atoms with E-state index in [9.17, 15) is 15.2 Å². The summed E-state index contributed by atoms with van der Waals surface area (Å²) in [5.41, 5.74) is 5.37. The lowest BCUT2D eigenvalue weighted by molar-refractivity contribution is -0.117. The van der Waals surface area contributed by atoms with Gasteiger partial charge in [0.25, 0.3) is 0 Å². The van der Waals surface area contributed by atoms with E-state index in [2.05, 4.69) is 26.2 Å². The quantitative estimate of drug-likeness (QED) is 0.365. The van der Waals surface area contributed by atoms with Crippen molar-refractivity contribution in [1.82, 2.24) is 29.7 Å². The predicted octanol–water partition coefficient (Wildman–Crippen LogP) is 3.31. The van der Waals surface area contributed by atoms with E-state index in [1.807, 2.05) is 41.8 Å². The lowest BCUT2D eigenvalue weighted by atomic mass is 10.0. The van der Waals surface area contributed by atoms with E-state index in [-0.39, 0.29) is 18.2 Å². The third-order valence-electron chi connectivity index (χ3n) is 6.51. The van der Waals surface area contributed by atoms with Gasteiger partial charge in [-0.3, -0.25) is 19.4 Å². The van der Waals surface area contributed by atoms with Crippen LogP contribution in [0.1, 0.15) is 29.8 Å². The first-order chi connectivity index (χ1) is 18.1. The second-order valence-electron chi connectivity index (χ2n) is 8.81. The van der Waals surface area contributed by atoms with E-state index in [1.54, 1.807) is 17.4 Å². The Hall–Kier alpha value is -4.82. The van der Waals surface area contributed by atoms with Crippen molar-refractivity contribution in [2.45, 2.75) is 26.2 Å². The number of fused-ring (bicyclic) bond motifs is 1. The lowest BCUT2D eigenvalue weighted by Crippen LogP contribution is -2.23. The van der Waals surface area contributed by atoms with Crippen LogP contribution in [-0.2, 0) is 11.2 Å². The molecule has 184 valence electrons. The number of hydrogen-bond donors (Lipinski definition) is 2. The van der Waals surface area contributed by atoms with Crippen LogP contribution < -0.4 is 4.90 Å². The van der Waals surface area contributed by atoms with E-state index < -0.39 is 0 Å². The molecular weight excluding hydrogens is 472 g/mol. The summed E-state index contributed by atoms with van der Waals surface area (Å²) in [4.78, 5) is 27.3. The molecule has 11 heteroatoms. The smallest absolute Gasteiger partial charge is 0.304 e. The Morgan fingerprint density at radius 3 is 2.92 bits per heavy atom. The average molecular weight is 495 g/mol. The molecule has 0 unspecified atom stereocenters. The fraction of sp³-hybridized carbons (Fsp3) is 0.231. The molecule has 1 aliphatic heterocycles. The topological polar surface area (TPSA) is 150 Å². The molecule has 0 radical (unpaired) electrons. The van der Waals surface area contributed by atoms with Crippen molar-refractivity contribution in [3.63, 3.8) is 0 Å². The number of imidazole rings is 1. The molecule has 6 rings (SSSR count). The molecule has 1 fully saturated rings. The number of oxazole rings is 1. The molecule has 37 heavy (non-hydrogen) atoms. The van der Waals surface area contributed by atoms with Crippen LogP contribution in [0, 0.1) is 18.3 Å². The van der Waals surface area contributed by atoms with Gasteiger partial charge in [-0.2, -0.15) is 10.4 Å². The van der Waals surface area contributed by atoms with Crippen LogP contribution in [0.4, 0.5) is 6.01 Å². The van der Waals surface area contributed by atoms with Gasteiger partial charge in [0, 0.05) is 30.8 Å². The lowest BCUT2D eigenvalue weighted by Gasteiger charge is -2.11. The number of carbonyl (C=O) groups excluding carboxylic acids is 1. The highest BCUT2D eigenvalue weighted by molar-refractivity contribution is 5.93. The minimum atomic E-state index is -0.0428. The molecule has 11 nitrogen and oxygen atoms in total. The number of nitrogens with zero attached hydrogens (tertiary/aromatic N) is 7. The number of aromatic amines is 1. The van der Waals surface area contributed by atoms with Crippen LogP contribution in [0.5, 0.6) is 0 Å². The minimum Gasteiger partial charge on any atom is -0.423 e. The number of rotatable bonds is 6. The number of anilines is 1. The second kappa shape index (κ2) is 9.00. The van der Waals surface area contributed by atoms with Crippen LogP contribution in [0.25, 0.3) is 39.4 Å². The highest BCUT2D eigenvalue weighted by Gasteiger charge is 2.26. The van der Waals surface area contributed by atoms with E-state index in [1.165, 1.54) is 0 Å². The molecule has 1 saturated heterocycles. The zero-order valence-corrected chi connectivity index (χ0v) is 20.0. The number of hydrogen-bond acceptors (Lipinski definition) is 8. The predicted molar refractivity (Wildman–Crippen MR) is 134 cm³/mol. The van der Waals surface area contributed by atoms with Crippen molar-refractivity contribution in [1.29, 1.82) is 5.26 Å². The van der Waals surface area contributed by atoms with Gasteiger partial charge >= 0.3 is 6.01 Å². The SMILES string of the molecule is Cc1[nH]nc(C#N)c1-c1nc(-n2cnc3cc(-c4cnc(N5CCCC5=O)o4)ccc32)ccc1CCO. The Morgan fingerprint density at radius 1 is 1.24 bits per heavy atom. The van der Waals surface area contributed by atoms with Gasteiger partial charge in [0.2, 0.25) is 5.91 Å². The van der Waals surface area contributed by atoms with E-state index in [4.69, 9.17) is 9.40 Å². The monoisotopic (exact) mass is 494 g/mol. The van der Waals surface area contributed by atoms with Crippen LogP contribution in [0.2, 0.25) is 0 Å². The van der Waals surface area contributed by atoms with Crippen LogP contribution in [0.15, 0.2) is 47.3 Å². The molecule has 0 bridgehead atoms. The molecule has 1 amide bonds. The maximum absolute atomic E-state index is 12.0. The number of aliphatic hydroxyl groups is 1. The van der Waals surface area contributed by atoms with Crippen molar-refractivity contribution >= 4 is 23.0 Å². The summed E-state index contributed by atoms with van der Waals surface area (Å²) >= 11 is 0. The summed E-state index contributed by atoms with van der Waals surface area (Å²) in [6.45, 7) is 2.41. The Labute approximate surface area is 211 Å². The van der Waals surface area contributed by atoms with Crippen molar-refractivity contribution < 1.29 is 14.3 Å². The van der Waals surface area contributed by atoms with E-state index >= 15 is 0 Å². The molecule has 0 spiro atoms. The van der Waals surface area contributed by atoms with Crippen LogP contribution in [0.3, 0.4) is 0 Å². The summed E-state index contributed by atoms with van der Waals surface area (Å²) in [6.07, 6.45) is 5.01. The molecule has 0 saturated carbocycles. The van der Waals surface area contributed by atoms with Gasteiger partial charge in [-0.15, -0.1) is 0 Å². The number of amides is 1. The van der Waals surface area contributed by atoms with Crippen LogP contribution in [-0.4, -0.2) is 53.9 Å². The number of nitriles is 1. The number of carbonyl (C=O) groups is 1. The molecule has 4 aromatic heterocycles. The third kappa shape index (κ3) is 3.84. The Balaban J connectivity index is 1.38. The molecule has 0 atom stereocenters. The molecule has 1 aliphatic rings. The van der Waals surface area contributed by atoms with Gasteiger partial charge in [-0.25, -0.2) is 15.0 Å². The number of benzene rings is 1. The van der Waals surface area contributed by atoms with Crippen molar-refractivity contribution in [2.24, 2.45) is 0 Å². The zero-order chi connectivity index (χ0) is 25.5. The summed E-state index contributed by atoms with van der Waals surface area (Å²) in [5, 5.41) is 26.0. The van der Waals surface area contributed by atoms with Gasteiger partial charge < -0.3 is 9.52 Å². The highest BCUT2D eigenvalue weighted by Crippen LogP contribution is 2.31. The molecule has 1 aromatic carbocycles. The van der Waals surface area contributed by atoms with Gasteiger partial charge in [-0.1, -0.05) is 6.07 Å². The number of H-pyrrole nitrogens is 1. The fourth-order valence-corrected chi connectivity index (χ4v) is 4.67. The van der Waals surface area contributed by atoms with Gasteiger partial charge in [0.05, 0.1) is 28.5 Å². The Morgan fingerprint density at radius 2 is 2.14 bits per heavy atom. The molecular formula is C26H22N8O3. The Bertz CT molecular complexity index is 1690. The zero-order valence-electron chi connectivity index (χ0n) is 20.0. The number of aryl methyl sites for hydroxylation is 1. The maximum atomic E-state index is 12.0. The van der Waals surface area contributed by atoms with Crippen molar-refractivity contribution in [3.8, 4) is 34.5 Å². The Kier molecular flexibility index (Phi) is 5.50. The van der Waals surface area contributed by atoms with E-state index in [0.717, 1.165) is 34.3 Å². The third-order valence-corrected chi connectivity index (χ3v) is 6.51. The second-order valence-corrected chi connectivity index (χ2v) is 8.81. The minimum absolute atomic E-state index is 0.0203. The van der Waals surface area contributed by atoms with Crippen molar-refractivity contribution in [3.05, 3.63) is 59.8 Å². The summed E-state index contributed by atoms with van der Waals surface area (Å²) in [6, 6.07) is 11.9. The van der Waals surface area contributed by atoms with E-state index in [0.29, 0.717) is 48.2 Å². The number of nitrogens with one attached hydrogen (secondary N) is 1. The normalized spacial score (nSPS) is 13.5. The number of aromatic nitrogens is 6. The van der Waals surface area contributed by atoms with Gasteiger partial charge in [0.1, 0.15) is 18.2 Å². The standard InChI is InChI=1S/C26H22N8O3/c1-15-24(19(12-27)32-31-15)25-16(8-10-35)5-7-22(30-25)34-14-29-18-11-17(4-6-20(18)34)21-13-28-26(37-21)33-9-2-3-23(33)36/h4-7,11,13-14,35H,2-3,8-10H2,1H3,(H,31,32). The summed E-state index contributed by atoms with van der Waals surface area (Å²) in [7, 11) is 0. The first-order valence-corrected chi connectivity index (χ1v) is 11.9.